The molecule has 0 radical (unpaired) electrons. The van der Waals surface area contributed by atoms with Gasteiger partial charge in [-0.15, -0.1) is 0 Å². The Bertz CT molecular complexity index is 820. The third kappa shape index (κ3) is 4.95. The van der Waals surface area contributed by atoms with Gasteiger partial charge < -0.3 is 0 Å². The zero-order valence-corrected chi connectivity index (χ0v) is 18.9. The lowest BCUT2D eigenvalue weighted by molar-refractivity contribution is 0.749. The van der Waals surface area contributed by atoms with E-state index in [2.05, 4.69) is 53.7 Å². The van der Waals surface area contributed by atoms with Crippen LogP contribution in [0.3, 0.4) is 0 Å². The van der Waals surface area contributed by atoms with Crippen LogP contribution < -0.4 is 0 Å². The largest absolute Gasteiger partial charge is 0.256 e. The van der Waals surface area contributed by atoms with Gasteiger partial charge in [0.15, 0.2) is 0 Å². The van der Waals surface area contributed by atoms with E-state index in [0.29, 0.717) is 21.9 Å². The molecule has 0 fully saturated rings. The van der Waals surface area contributed by atoms with Gasteiger partial charge in [-0.1, -0.05) is 89.4 Å². The molecule has 2 rings (SSSR count). The fraction of sp³-hybridized carbons (Fsp3) is 0.458. The van der Waals surface area contributed by atoms with Crippen molar-refractivity contribution in [1.82, 2.24) is 4.98 Å². The number of hydrogen-bond donors (Lipinski definition) is 0. The molecule has 0 bridgehead atoms. The molecule has 0 atom stereocenters. The topological polar surface area (TPSA) is 12.9 Å². The molecule has 0 saturated heterocycles. The summed E-state index contributed by atoms with van der Waals surface area (Å²) in [5.74, 6) is 0.690. The first kappa shape index (κ1) is 22.0. The maximum atomic E-state index is 6.66. The molecule has 27 heavy (non-hydrogen) atoms. The molecule has 0 spiro atoms. The molecular weight excluding hydrogens is 373 g/mol. The third-order valence-electron chi connectivity index (χ3n) is 4.78. The molecule has 0 aliphatic carbocycles. The van der Waals surface area contributed by atoms with Gasteiger partial charge in [0.05, 0.1) is 5.69 Å². The van der Waals surface area contributed by atoms with Crippen LogP contribution in [0.1, 0.15) is 88.7 Å². The lowest BCUT2D eigenvalue weighted by Gasteiger charge is -2.23. The van der Waals surface area contributed by atoms with Gasteiger partial charge in [0.1, 0.15) is 0 Å². The molecule has 0 aliphatic rings. The predicted octanol–water partition coefficient (Wildman–Crippen LogP) is 8.68. The zero-order valence-electron chi connectivity index (χ0n) is 17.4. The zero-order chi connectivity index (χ0) is 20.1. The highest BCUT2D eigenvalue weighted by Crippen LogP contribution is 2.41. The van der Waals surface area contributed by atoms with E-state index in [0.717, 1.165) is 30.5 Å². The number of halogens is 2. The van der Waals surface area contributed by atoms with Crippen molar-refractivity contribution in [3.63, 3.8) is 0 Å². The highest BCUT2D eigenvalue weighted by molar-refractivity contribution is 6.36. The Morgan fingerprint density at radius 3 is 2.19 bits per heavy atom. The molecule has 0 aliphatic heterocycles. The van der Waals surface area contributed by atoms with Gasteiger partial charge in [0, 0.05) is 26.9 Å². The summed E-state index contributed by atoms with van der Waals surface area (Å²) in [6.07, 6.45) is 7.60. The first-order chi connectivity index (χ1) is 12.8. The van der Waals surface area contributed by atoms with Gasteiger partial charge in [-0.05, 0) is 47.9 Å². The smallest absolute Gasteiger partial charge is 0.0511 e. The number of nitrogens with zero attached hydrogens (tertiary/aromatic N) is 1. The number of rotatable bonds is 7. The standard InChI is InChI=1S/C24H31Cl2N/c1-7-9-10-11-20-22(19-13-12-17(25)14-21(19)26)18(8-2)23(15(3)4)27-24(20)16(5)6/h10-16H,7-9H2,1-6H3. The number of hydrogen-bond acceptors (Lipinski definition) is 1. The van der Waals surface area contributed by atoms with Crippen LogP contribution in [0.5, 0.6) is 0 Å². The Balaban J connectivity index is 2.94. The molecule has 1 nitrogen and oxygen atoms in total. The Kier molecular flexibility index (Phi) is 7.94. The van der Waals surface area contributed by atoms with E-state index in [1.165, 1.54) is 22.4 Å². The summed E-state index contributed by atoms with van der Waals surface area (Å²) in [5.41, 5.74) is 7.06. The minimum Gasteiger partial charge on any atom is -0.256 e. The lowest BCUT2D eigenvalue weighted by atomic mass is 9.86. The lowest BCUT2D eigenvalue weighted by Crippen LogP contribution is -2.10. The van der Waals surface area contributed by atoms with Crippen LogP contribution in [-0.4, -0.2) is 4.98 Å². The molecule has 1 aromatic carbocycles. The average Bonchev–Trinajstić information content (AvgIpc) is 2.61. The summed E-state index contributed by atoms with van der Waals surface area (Å²) >= 11 is 12.8. The van der Waals surface area contributed by atoms with Crippen molar-refractivity contribution >= 4 is 29.3 Å². The van der Waals surface area contributed by atoms with E-state index < -0.39 is 0 Å². The number of pyridine rings is 1. The number of allylic oxidation sites excluding steroid dienone is 1. The van der Waals surface area contributed by atoms with E-state index in [1.807, 2.05) is 18.2 Å². The first-order valence-electron chi connectivity index (χ1n) is 10.00. The van der Waals surface area contributed by atoms with Gasteiger partial charge in [-0.3, -0.25) is 4.98 Å². The van der Waals surface area contributed by atoms with E-state index in [-0.39, 0.29) is 0 Å². The monoisotopic (exact) mass is 403 g/mol. The fourth-order valence-electron chi connectivity index (χ4n) is 3.49. The maximum Gasteiger partial charge on any atom is 0.0511 e. The van der Waals surface area contributed by atoms with Crippen LogP contribution in [0.15, 0.2) is 24.3 Å². The van der Waals surface area contributed by atoms with Gasteiger partial charge in [-0.25, -0.2) is 0 Å². The molecule has 1 heterocycles. The highest BCUT2D eigenvalue weighted by atomic mass is 35.5. The Morgan fingerprint density at radius 2 is 1.67 bits per heavy atom. The molecule has 0 amide bonds. The van der Waals surface area contributed by atoms with Crippen molar-refractivity contribution in [3.05, 3.63) is 56.8 Å². The van der Waals surface area contributed by atoms with Crippen LogP contribution in [0.4, 0.5) is 0 Å². The average molecular weight is 404 g/mol. The second-order valence-corrected chi connectivity index (χ2v) is 8.47. The van der Waals surface area contributed by atoms with Crippen molar-refractivity contribution in [2.45, 2.75) is 72.6 Å². The summed E-state index contributed by atoms with van der Waals surface area (Å²) < 4.78 is 0. The summed E-state index contributed by atoms with van der Waals surface area (Å²) in [6.45, 7) is 13.2. The van der Waals surface area contributed by atoms with Crippen LogP contribution >= 0.6 is 23.2 Å². The Hall–Kier alpha value is -1.31. The highest BCUT2D eigenvalue weighted by Gasteiger charge is 2.23. The second-order valence-electron chi connectivity index (χ2n) is 7.63. The SMILES string of the molecule is CCCC=Cc1c(C(C)C)nc(C(C)C)c(CC)c1-c1ccc(Cl)cc1Cl. The maximum absolute atomic E-state index is 6.66. The molecule has 146 valence electrons. The van der Waals surface area contributed by atoms with Crippen molar-refractivity contribution < 1.29 is 0 Å². The van der Waals surface area contributed by atoms with Gasteiger partial charge in [0.2, 0.25) is 0 Å². The number of aromatic nitrogens is 1. The van der Waals surface area contributed by atoms with Crippen LogP contribution in [-0.2, 0) is 6.42 Å². The van der Waals surface area contributed by atoms with E-state index in [1.54, 1.807) is 0 Å². The fourth-order valence-corrected chi connectivity index (χ4v) is 3.99. The molecular formula is C24H31Cl2N. The van der Waals surface area contributed by atoms with Crippen LogP contribution in [0.25, 0.3) is 17.2 Å². The van der Waals surface area contributed by atoms with Gasteiger partial charge in [0.25, 0.3) is 0 Å². The normalized spacial score (nSPS) is 11.9. The Morgan fingerprint density at radius 1 is 1.00 bits per heavy atom. The number of unbranched alkanes of at least 4 members (excludes halogenated alkanes) is 1. The summed E-state index contributed by atoms with van der Waals surface area (Å²) in [4.78, 5) is 5.13. The van der Waals surface area contributed by atoms with Crippen molar-refractivity contribution in [1.29, 1.82) is 0 Å². The van der Waals surface area contributed by atoms with Gasteiger partial charge in [-0.2, -0.15) is 0 Å². The summed E-state index contributed by atoms with van der Waals surface area (Å²) in [6, 6.07) is 5.80. The molecule has 1 aromatic heterocycles. The van der Waals surface area contributed by atoms with Crippen molar-refractivity contribution in [2.75, 3.05) is 0 Å². The minimum absolute atomic E-state index is 0.333. The van der Waals surface area contributed by atoms with E-state index in [4.69, 9.17) is 28.2 Å². The molecule has 0 N–H and O–H groups in total. The van der Waals surface area contributed by atoms with Crippen LogP contribution in [0.2, 0.25) is 10.0 Å². The Labute approximate surface area is 174 Å². The second kappa shape index (κ2) is 9.75. The molecule has 0 unspecified atom stereocenters. The number of benzene rings is 1. The first-order valence-corrected chi connectivity index (χ1v) is 10.8. The summed E-state index contributed by atoms with van der Waals surface area (Å²) in [7, 11) is 0. The summed E-state index contributed by atoms with van der Waals surface area (Å²) in [5, 5.41) is 1.35. The molecule has 0 saturated carbocycles. The van der Waals surface area contributed by atoms with E-state index >= 15 is 0 Å². The van der Waals surface area contributed by atoms with E-state index in [9.17, 15) is 0 Å². The minimum atomic E-state index is 0.333. The quantitative estimate of drug-likeness (QED) is 0.450. The third-order valence-corrected chi connectivity index (χ3v) is 5.33. The van der Waals surface area contributed by atoms with Crippen molar-refractivity contribution in [2.24, 2.45) is 0 Å². The molecule has 2 aromatic rings. The predicted molar refractivity (Wildman–Crippen MR) is 121 cm³/mol. The van der Waals surface area contributed by atoms with Crippen LogP contribution in [0, 0.1) is 0 Å². The molecule has 3 heteroatoms. The van der Waals surface area contributed by atoms with Gasteiger partial charge >= 0.3 is 0 Å². The van der Waals surface area contributed by atoms with Crippen molar-refractivity contribution in [3.8, 4) is 11.1 Å².